The molecule has 1 heterocycles. The van der Waals surface area contributed by atoms with Gasteiger partial charge >= 0.3 is 0 Å². The molecule has 1 aromatic carbocycles. The number of aryl methyl sites for hydroxylation is 1. The standard InChI is InChI=1S/C19H29NO3/c1-19(2,22)10-9-15-6-4-8-17(12-15)18(21)20-11-5-7-16(13-20)14-23-3/h4,6,8,12,16,22H,5,7,9-11,13-14H2,1-3H3/t16-/m0/s1. The van der Waals surface area contributed by atoms with Crippen molar-refractivity contribution in [1.82, 2.24) is 4.90 Å². The molecular weight excluding hydrogens is 290 g/mol. The van der Waals surface area contributed by atoms with Crippen LogP contribution in [0, 0.1) is 5.92 Å². The number of amides is 1. The minimum Gasteiger partial charge on any atom is -0.390 e. The Bertz CT molecular complexity index is 520. The Labute approximate surface area is 139 Å². The molecule has 0 spiro atoms. The second-order valence-electron chi connectivity index (χ2n) is 7.23. The lowest BCUT2D eigenvalue weighted by Gasteiger charge is -2.32. The minimum absolute atomic E-state index is 0.107. The van der Waals surface area contributed by atoms with Crippen LogP contribution in [0.2, 0.25) is 0 Å². The number of aliphatic hydroxyl groups is 1. The number of piperidine rings is 1. The van der Waals surface area contributed by atoms with Crippen molar-refractivity contribution in [1.29, 1.82) is 0 Å². The third-order valence-electron chi connectivity index (χ3n) is 4.41. The summed E-state index contributed by atoms with van der Waals surface area (Å²) in [6.07, 6.45) is 3.63. The van der Waals surface area contributed by atoms with Crippen LogP contribution in [0.15, 0.2) is 24.3 Å². The summed E-state index contributed by atoms with van der Waals surface area (Å²) >= 11 is 0. The van der Waals surface area contributed by atoms with E-state index in [1.54, 1.807) is 7.11 Å². The lowest BCUT2D eigenvalue weighted by Crippen LogP contribution is -2.41. The number of hydrogen-bond acceptors (Lipinski definition) is 3. The number of carbonyl (C=O) groups excluding carboxylic acids is 1. The molecule has 0 aliphatic carbocycles. The molecule has 0 saturated carbocycles. The zero-order valence-corrected chi connectivity index (χ0v) is 14.5. The van der Waals surface area contributed by atoms with Crippen LogP contribution in [0.25, 0.3) is 0 Å². The van der Waals surface area contributed by atoms with Crippen LogP contribution in [0.1, 0.15) is 49.0 Å². The van der Waals surface area contributed by atoms with E-state index in [0.717, 1.165) is 50.1 Å². The predicted molar refractivity (Wildman–Crippen MR) is 91.6 cm³/mol. The zero-order chi connectivity index (χ0) is 16.9. The molecule has 128 valence electrons. The van der Waals surface area contributed by atoms with Crippen LogP contribution >= 0.6 is 0 Å². The van der Waals surface area contributed by atoms with E-state index in [2.05, 4.69) is 0 Å². The molecule has 0 bridgehead atoms. The average molecular weight is 319 g/mol. The van der Waals surface area contributed by atoms with E-state index in [1.165, 1.54) is 0 Å². The van der Waals surface area contributed by atoms with Crippen molar-refractivity contribution in [2.45, 2.75) is 45.1 Å². The van der Waals surface area contributed by atoms with Gasteiger partial charge in [0.05, 0.1) is 12.2 Å². The summed E-state index contributed by atoms with van der Waals surface area (Å²) in [4.78, 5) is 14.7. The smallest absolute Gasteiger partial charge is 0.253 e. The van der Waals surface area contributed by atoms with Gasteiger partial charge in [-0.05, 0) is 63.1 Å². The summed E-state index contributed by atoms with van der Waals surface area (Å²) in [7, 11) is 1.72. The van der Waals surface area contributed by atoms with Gasteiger partial charge in [-0.2, -0.15) is 0 Å². The quantitative estimate of drug-likeness (QED) is 0.877. The van der Waals surface area contributed by atoms with Crippen molar-refractivity contribution in [3.05, 3.63) is 35.4 Å². The van der Waals surface area contributed by atoms with Gasteiger partial charge in [0.2, 0.25) is 0 Å². The van der Waals surface area contributed by atoms with Gasteiger partial charge in [0, 0.05) is 25.8 Å². The van der Waals surface area contributed by atoms with Crippen LogP contribution in [0.5, 0.6) is 0 Å². The molecule has 2 rings (SSSR count). The Balaban J connectivity index is 2.01. The van der Waals surface area contributed by atoms with Crippen LogP contribution in [0.3, 0.4) is 0 Å². The van der Waals surface area contributed by atoms with Crippen molar-refractivity contribution >= 4 is 5.91 Å². The molecular formula is C19H29NO3. The van der Waals surface area contributed by atoms with Gasteiger partial charge < -0.3 is 14.7 Å². The Morgan fingerprint density at radius 3 is 2.91 bits per heavy atom. The molecule has 0 unspecified atom stereocenters. The number of carbonyl (C=O) groups is 1. The molecule has 1 fully saturated rings. The maximum absolute atomic E-state index is 12.7. The molecule has 1 aromatic rings. The highest BCUT2D eigenvalue weighted by Gasteiger charge is 2.24. The molecule has 1 saturated heterocycles. The van der Waals surface area contributed by atoms with E-state index in [9.17, 15) is 9.90 Å². The minimum atomic E-state index is -0.680. The summed E-state index contributed by atoms with van der Waals surface area (Å²) in [6.45, 7) is 5.94. The van der Waals surface area contributed by atoms with E-state index in [4.69, 9.17) is 4.74 Å². The Hall–Kier alpha value is -1.39. The lowest BCUT2D eigenvalue weighted by atomic mass is 9.96. The summed E-state index contributed by atoms with van der Waals surface area (Å²) in [5.41, 5.74) is 1.17. The number of ether oxygens (including phenoxy) is 1. The summed E-state index contributed by atoms with van der Waals surface area (Å²) in [5, 5.41) is 9.85. The van der Waals surface area contributed by atoms with Crippen LogP contribution in [-0.2, 0) is 11.2 Å². The first-order chi connectivity index (χ1) is 10.9. The van der Waals surface area contributed by atoms with E-state index < -0.39 is 5.60 Å². The van der Waals surface area contributed by atoms with Crippen molar-refractivity contribution in [2.75, 3.05) is 26.8 Å². The molecule has 0 radical (unpaired) electrons. The van der Waals surface area contributed by atoms with Crippen molar-refractivity contribution in [2.24, 2.45) is 5.92 Å². The zero-order valence-electron chi connectivity index (χ0n) is 14.5. The monoisotopic (exact) mass is 319 g/mol. The van der Waals surface area contributed by atoms with Gasteiger partial charge in [0.25, 0.3) is 5.91 Å². The fraction of sp³-hybridized carbons (Fsp3) is 0.632. The second-order valence-corrected chi connectivity index (χ2v) is 7.23. The molecule has 1 N–H and O–H groups in total. The average Bonchev–Trinajstić information content (AvgIpc) is 2.52. The summed E-state index contributed by atoms with van der Waals surface area (Å²) in [6, 6.07) is 7.81. The first kappa shape index (κ1) is 18.0. The van der Waals surface area contributed by atoms with Crippen LogP contribution < -0.4 is 0 Å². The predicted octanol–water partition coefficient (Wildman–Crippen LogP) is 2.89. The number of benzene rings is 1. The van der Waals surface area contributed by atoms with Gasteiger partial charge in [-0.25, -0.2) is 0 Å². The van der Waals surface area contributed by atoms with E-state index in [1.807, 2.05) is 43.0 Å². The first-order valence-corrected chi connectivity index (χ1v) is 8.48. The van der Waals surface area contributed by atoms with E-state index >= 15 is 0 Å². The Morgan fingerprint density at radius 1 is 1.43 bits per heavy atom. The highest BCUT2D eigenvalue weighted by atomic mass is 16.5. The molecule has 4 nitrogen and oxygen atoms in total. The topological polar surface area (TPSA) is 49.8 Å². The Kier molecular flexibility index (Phi) is 6.19. The lowest BCUT2D eigenvalue weighted by molar-refractivity contribution is 0.0571. The molecule has 1 amide bonds. The third kappa shape index (κ3) is 5.63. The fourth-order valence-corrected chi connectivity index (χ4v) is 3.11. The van der Waals surface area contributed by atoms with E-state index in [0.29, 0.717) is 12.3 Å². The largest absolute Gasteiger partial charge is 0.390 e. The van der Waals surface area contributed by atoms with Gasteiger partial charge in [-0.3, -0.25) is 4.79 Å². The second kappa shape index (κ2) is 7.93. The SMILES string of the molecule is COC[C@H]1CCCN(C(=O)c2cccc(CCC(C)(C)O)c2)C1. The maximum atomic E-state index is 12.7. The number of methoxy groups -OCH3 is 1. The summed E-state index contributed by atoms with van der Waals surface area (Å²) < 4.78 is 5.24. The number of hydrogen-bond donors (Lipinski definition) is 1. The number of rotatable bonds is 6. The number of likely N-dealkylation sites (tertiary alicyclic amines) is 1. The van der Waals surface area contributed by atoms with Gasteiger partial charge in [0.15, 0.2) is 0 Å². The van der Waals surface area contributed by atoms with Crippen LogP contribution in [-0.4, -0.2) is 48.3 Å². The highest BCUT2D eigenvalue weighted by molar-refractivity contribution is 5.94. The van der Waals surface area contributed by atoms with Crippen molar-refractivity contribution < 1.29 is 14.6 Å². The molecule has 4 heteroatoms. The number of nitrogens with zero attached hydrogens (tertiary/aromatic N) is 1. The van der Waals surface area contributed by atoms with E-state index in [-0.39, 0.29) is 5.91 Å². The fourth-order valence-electron chi connectivity index (χ4n) is 3.11. The van der Waals surface area contributed by atoms with Gasteiger partial charge in [-0.15, -0.1) is 0 Å². The first-order valence-electron chi connectivity index (χ1n) is 8.48. The van der Waals surface area contributed by atoms with Gasteiger partial charge in [0.1, 0.15) is 0 Å². The molecule has 23 heavy (non-hydrogen) atoms. The molecule has 1 aliphatic rings. The molecule has 1 aliphatic heterocycles. The summed E-state index contributed by atoms with van der Waals surface area (Å²) in [5.74, 6) is 0.548. The maximum Gasteiger partial charge on any atom is 0.253 e. The molecule has 0 aromatic heterocycles. The Morgan fingerprint density at radius 2 is 2.22 bits per heavy atom. The highest BCUT2D eigenvalue weighted by Crippen LogP contribution is 2.20. The van der Waals surface area contributed by atoms with Crippen molar-refractivity contribution in [3.8, 4) is 0 Å². The van der Waals surface area contributed by atoms with Gasteiger partial charge in [-0.1, -0.05) is 12.1 Å². The normalized spacial score (nSPS) is 19.0. The molecule has 1 atom stereocenters. The third-order valence-corrected chi connectivity index (χ3v) is 4.41. The van der Waals surface area contributed by atoms with Crippen LogP contribution in [0.4, 0.5) is 0 Å². The van der Waals surface area contributed by atoms with Crippen molar-refractivity contribution in [3.63, 3.8) is 0 Å².